The van der Waals surface area contributed by atoms with Gasteiger partial charge in [-0.1, -0.05) is 11.8 Å². The highest BCUT2D eigenvalue weighted by molar-refractivity contribution is 7.98. The van der Waals surface area contributed by atoms with Crippen LogP contribution in [0.25, 0.3) is 0 Å². The van der Waals surface area contributed by atoms with Gasteiger partial charge in [-0.15, -0.1) is 10.2 Å². The van der Waals surface area contributed by atoms with E-state index in [-0.39, 0.29) is 6.10 Å². The zero-order valence-corrected chi connectivity index (χ0v) is 17.3. The van der Waals surface area contributed by atoms with Crippen molar-refractivity contribution < 1.29 is 14.2 Å². The molecule has 1 unspecified atom stereocenters. The van der Waals surface area contributed by atoms with Gasteiger partial charge in [0.25, 0.3) is 0 Å². The SMILES string of the molecule is COc1ccc(OC)c(CN(C)Cc2nnc(SC)n2CC2CCCO2)c1. The second-order valence-corrected chi connectivity index (χ2v) is 7.47. The first-order valence-corrected chi connectivity index (χ1v) is 10.3. The minimum atomic E-state index is 0.259. The summed E-state index contributed by atoms with van der Waals surface area (Å²) >= 11 is 1.62. The number of rotatable bonds is 9. The lowest BCUT2D eigenvalue weighted by Crippen LogP contribution is -2.23. The summed E-state index contributed by atoms with van der Waals surface area (Å²) in [4.78, 5) is 2.21. The molecule has 2 aromatic rings. The Bertz CT molecular complexity index is 747. The molecule has 1 aromatic carbocycles. The molecule has 148 valence electrons. The van der Waals surface area contributed by atoms with E-state index < -0.39 is 0 Å². The molecule has 0 amide bonds. The molecular weight excluding hydrogens is 364 g/mol. The third-order valence-electron chi connectivity index (χ3n) is 4.73. The molecule has 1 aromatic heterocycles. The van der Waals surface area contributed by atoms with E-state index in [0.717, 1.165) is 60.6 Å². The van der Waals surface area contributed by atoms with Crippen molar-refractivity contribution in [2.75, 3.05) is 34.1 Å². The molecule has 1 atom stereocenters. The van der Waals surface area contributed by atoms with Gasteiger partial charge in [-0.05, 0) is 44.3 Å². The van der Waals surface area contributed by atoms with E-state index in [4.69, 9.17) is 14.2 Å². The Kier molecular flexibility index (Phi) is 6.98. The molecule has 7 nitrogen and oxygen atoms in total. The first kappa shape index (κ1) is 20.0. The number of hydrogen-bond donors (Lipinski definition) is 0. The van der Waals surface area contributed by atoms with Crippen LogP contribution >= 0.6 is 11.8 Å². The monoisotopic (exact) mass is 392 g/mol. The quantitative estimate of drug-likeness (QED) is 0.608. The number of ether oxygens (including phenoxy) is 3. The highest BCUT2D eigenvalue weighted by Crippen LogP contribution is 2.26. The zero-order chi connectivity index (χ0) is 19.2. The zero-order valence-electron chi connectivity index (χ0n) is 16.5. The van der Waals surface area contributed by atoms with Gasteiger partial charge in [0, 0.05) is 18.7 Å². The molecule has 0 bridgehead atoms. The van der Waals surface area contributed by atoms with Crippen LogP contribution in [-0.2, 0) is 24.4 Å². The van der Waals surface area contributed by atoms with Gasteiger partial charge >= 0.3 is 0 Å². The first-order chi connectivity index (χ1) is 13.1. The summed E-state index contributed by atoms with van der Waals surface area (Å²) < 4.78 is 18.8. The Morgan fingerprint density at radius 1 is 1.26 bits per heavy atom. The van der Waals surface area contributed by atoms with Gasteiger partial charge in [-0.3, -0.25) is 4.90 Å². The normalized spacial score (nSPS) is 16.9. The topological polar surface area (TPSA) is 61.6 Å². The third kappa shape index (κ3) is 4.94. The highest BCUT2D eigenvalue weighted by Gasteiger charge is 2.21. The van der Waals surface area contributed by atoms with E-state index in [1.165, 1.54) is 0 Å². The molecule has 0 spiro atoms. The van der Waals surface area contributed by atoms with E-state index in [2.05, 4.69) is 26.7 Å². The Morgan fingerprint density at radius 2 is 2.11 bits per heavy atom. The van der Waals surface area contributed by atoms with Gasteiger partial charge in [-0.2, -0.15) is 0 Å². The van der Waals surface area contributed by atoms with Crippen molar-refractivity contribution in [3.05, 3.63) is 29.6 Å². The average Bonchev–Trinajstić information content (AvgIpc) is 3.32. The van der Waals surface area contributed by atoms with Crippen LogP contribution in [-0.4, -0.2) is 59.9 Å². The molecule has 2 heterocycles. The van der Waals surface area contributed by atoms with Crippen LogP contribution in [0.5, 0.6) is 11.5 Å². The molecule has 0 saturated carbocycles. The second-order valence-electron chi connectivity index (χ2n) is 6.70. The van der Waals surface area contributed by atoms with Crippen LogP contribution < -0.4 is 9.47 Å². The fourth-order valence-electron chi connectivity index (χ4n) is 3.36. The summed E-state index contributed by atoms with van der Waals surface area (Å²) in [6.07, 6.45) is 4.52. The molecule has 1 aliphatic rings. The molecule has 1 fully saturated rings. The standard InChI is InChI=1S/C19H28N4O3S/c1-22(11-14-10-15(24-2)7-8-17(14)25-3)13-18-20-21-19(27-4)23(18)12-16-6-5-9-26-16/h7-8,10,16H,5-6,9,11-13H2,1-4H3. The van der Waals surface area contributed by atoms with Crippen LogP contribution in [0.2, 0.25) is 0 Å². The van der Waals surface area contributed by atoms with Crippen molar-refractivity contribution in [1.82, 2.24) is 19.7 Å². The van der Waals surface area contributed by atoms with E-state index in [1.54, 1.807) is 26.0 Å². The van der Waals surface area contributed by atoms with Gasteiger partial charge in [0.05, 0.1) is 33.4 Å². The van der Waals surface area contributed by atoms with Gasteiger partial charge in [0.2, 0.25) is 0 Å². The van der Waals surface area contributed by atoms with Crippen LogP contribution in [0.15, 0.2) is 23.4 Å². The summed E-state index contributed by atoms with van der Waals surface area (Å²) in [7, 11) is 5.43. The van der Waals surface area contributed by atoms with Crippen LogP contribution in [0.3, 0.4) is 0 Å². The second kappa shape index (κ2) is 9.43. The number of methoxy groups -OCH3 is 2. The molecule has 3 rings (SSSR count). The number of hydrogen-bond acceptors (Lipinski definition) is 7. The van der Waals surface area contributed by atoms with Gasteiger partial charge in [0.15, 0.2) is 5.16 Å². The molecular formula is C19H28N4O3S. The predicted octanol–water partition coefficient (Wildman–Crippen LogP) is 2.83. The minimum absolute atomic E-state index is 0.259. The van der Waals surface area contributed by atoms with Crippen LogP contribution in [0.4, 0.5) is 0 Å². The molecule has 1 aliphatic heterocycles. The molecule has 0 aliphatic carbocycles. The molecule has 1 saturated heterocycles. The van der Waals surface area contributed by atoms with E-state index in [1.807, 2.05) is 24.5 Å². The minimum Gasteiger partial charge on any atom is -0.497 e. The Hall–Kier alpha value is -1.77. The maximum atomic E-state index is 5.81. The summed E-state index contributed by atoms with van der Waals surface area (Å²) in [5.74, 6) is 2.64. The van der Waals surface area contributed by atoms with E-state index in [9.17, 15) is 0 Å². The maximum Gasteiger partial charge on any atom is 0.191 e. The molecule has 0 N–H and O–H groups in total. The Balaban J connectivity index is 1.72. The van der Waals surface area contributed by atoms with E-state index >= 15 is 0 Å². The Morgan fingerprint density at radius 3 is 2.78 bits per heavy atom. The van der Waals surface area contributed by atoms with Crippen molar-refractivity contribution in [1.29, 1.82) is 0 Å². The number of thioether (sulfide) groups is 1. The number of nitrogens with zero attached hydrogens (tertiary/aromatic N) is 4. The lowest BCUT2D eigenvalue weighted by Gasteiger charge is -2.20. The van der Waals surface area contributed by atoms with Gasteiger partial charge < -0.3 is 18.8 Å². The number of aromatic nitrogens is 3. The maximum absolute atomic E-state index is 5.81. The van der Waals surface area contributed by atoms with Crippen LogP contribution in [0, 0.1) is 0 Å². The van der Waals surface area contributed by atoms with Crippen molar-refractivity contribution >= 4 is 11.8 Å². The van der Waals surface area contributed by atoms with Crippen molar-refractivity contribution in [2.45, 2.75) is 43.7 Å². The lowest BCUT2D eigenvalue weighted by molar-refractivity contribution is 0.0934. The van der Waals surface area contributed by atoms with Gasteiger partial charge in [-0.25, -0.2) is 0 Å². The molecule has 0 radical (unpaired) electrons. The fraction of sp³-hybridized carbons (Fsp3) is 0.579. The van der Waals surface area contributed by atoms with Crippen molar-refractivity contribution in [2.24, 2.45) is 0 Å². The molecule has 8 heteroatoms. The van der Waals surface area contributed by atoms with E-state index in [0.29, 0.717) is 6.54 Å². The Labute approximate surface area is 165 Å². The number of benzene rings is 1. The third-order valence-corrected chi connectivity index (χ3v) is 5.39. The van der Waals surface area contributed by atoms with Crippen molar-refractivity contribution in [3.63, 3.8) is 0 Å². The van der Waals surface area contributed by atoms with Crippen LogP contribution in [0.1, 0.15) is 24.2 Å². The summed E-state index contributed by atoms with van der Waals surface area (Å²) in [5.41, 5.74) is 1.08. The first-order valence-electron chi connectivity index (χ1n) is 9.11. The summed E-state index contributed by atoms with van der Waals surface area (Å²) in [6.45, 7) is 3.09. The summed E-state index contributed by atoms with van der Waals surface area (Å²) in [5, 5.41) is 9.71. The largest absolute Gasteiger partial charge is 0.497 e. The average molecular weight is 393 g/mol. The molecule has 27 heavy (non-hydrogen) atoms. The lowest BCUT2D eigenvalue weighted by atomic mass is 10.1. The van der Waals surface area contributed by atoms with Gasteiger partial charge in [0.1, 0.15) is 17.3 Å². The summed E-state index contributed by atoms with van der Waals surface area (Å²) in [6, 6.07) is 5.86. The fourth-order valence-corrected chi connectivity index (χ4v) is 3.88. The smallest absolute Gasteiger partial charge is 0.191 e. The predicted molar refractivity (Wildman–Crippen MR) is 105 cm³/mol. The van der Waals surface area contributed by atoms with Crippen molar-refractivity contribution in [3.8, 4) is 11.5 Å². The highest BCUT2D eigenvalue weighted by atomic mass is 32.2.